The number of fused-ring (bicyclic) bond motifs is 1. The van der Waals surface area contributed by atoms with Crippen LogP contribution in [0.1, 0.15) is 26.3 Å². The van der Waals surface area contributed by atoms with E-state index < -0.39 is 0 Å². The molecule has 0 aliphatic carbocycles. The van der Waals surface area contributed by atoms with Crippen LogP contribution in [-0.2, 0) is 5.41 Å². The van der Waals surface area contributed by atoms with Gasteiger partial charge in [-0.25, -0.2) is 0 Å². The summed E-state index contributed by atoms with van der Waals surface area (Å²) in [5.41, 5.74) is 3.10. The first kappa shape index (κ1) is 15.0. The van der Waals surface area contributed by atoms with Crippen molar-refractivity contribution < 1.29 is 9.47 Å². The number of anilines is 2. The Labute approximate surface area is 136 Å². The first-order valence-corrected chi connectivity index (χ1v) is 7.78. The Morgan fingerprint density at radius 2 is 1.68 bits per heavy atom. The third kappa shape index (κ3) is 3.14. The molecule has 0 radical (unpaired) electrons. The molecule has 1 aliphatic rings. The zero-order valence-corrected chi connectivity index (χ0v) is 13.8. The lowest BCUT2D eigenvalue weighted by Crippen LogP contribution is -2.15. The molecule has 1 aliphatic heterocycles. The molecule has 2 aromatic carbocycles. The Hall–Kier alpha value is -1.87. The summed E-state index contributed by atoms with van der Waals surface area (Å²) < 4.78 is 11.1. The average Bonchev–Trinajstić information content (AvgIpc) is 2.48. The van der Waals surface area contributed by atoms with E-state index in [2.05, 4.69) is 32.2 Å². The monoisotopic (exact) mass is 317 g/mol. The Kier molecular flexibility index (Phi) is 3.92. The van der Waals surface area contributed by atoms with E-state index in [0.717, 1.165) is 22.9 Å². The molecule has 3 rings (SSSR count). The molecular weight excluding hydrogens is 298 g/mol. The van der Waals surface area contributed by atoms with Crippen molar-refractivity contribution in [3.63, 3.8) is 0 Å². The summed E-state index contributed by atoms with van der Waals surface area (Å²) in [6.45, 7) is 7.70. The first-order chi connectivity index (χ1) is 10.4. The van der Waals surface area contributed by atoms with Crippen LogP contribution in [0.25, 0.3) is 0 Å². The summed E-state index contributed by atoms with van der Waals surface area (Å²) in [6, 6.07) is 11.9. The minimum absolute atomic E-state index is 0.0825. The molecule has 4 heteroatoms. The van der Waals surface area contributed by atoms with Gasteiger partial charge >= 0.3 is 0 Å². The second-order valence-corrected chi connectivity index (χ2v) is 6.84. The molecule has 1 N–H and O–H groups in total. The number of rotatable bonds is 2. The number of ether oxygens (including phenoxy) is 2. The third-order valence-electron chi connectivity index (χ3n) is 3.66. The van der Waals surface area contributed by atoms with Crippen LogP contribution in [0.3, 0.4) is 0 Å². The van der Waals surface area contributed by atoms with Gasteiger partial charge < -0.3 is 14.8 Å². The molecule has 0 bridgehead atoms. The molecule has 116 valence electrons. The zero-order chi connectivity index (χ0) is 15.7. The minimum atomic E-state index is 0.0825. The highest BCUT2D eigenvalue weighted by Gasteiger charge is 2.16. The maximum Gasteiger partial charge on any atom is 0.163 e. The van der Waals surface area contributed by atoms with E-state index in [-0.39, 0.29) is 5.41 Å². The van der Waals surface area contributed by atoms with Crippen molar-refractivity contribution in [2.45, 2.75) is 26.2 Å². The van der Waals surface area contributed by atoms with Crippen LogP contribution in [0.2, 0.25) is 5.02 Å². The molecule has 0 atom stereocenters. The van der Waals surface area contributed by atoms with Crippen molar-refractivity contribution in [2.75, 3.05) is 18.5 Å². The standard InChI is InChI=1S/C18H20ClNO2/c1-18(2,3)12-4-6-15(14(19)10-12)20-13-5-7-16-17(11-13)22-9-8-21-16/h4-7,10-11,20H,8-9H2,1-3H3. The van der Waals surface area contributed by atoms with E-state index in [0.29, 0.717) is 18.2 Å². The first-order valence-electron chi connectivity index (χ1n) is 7.40. The van der Waals surface area contributed by atoms with E-state index in [1.807, 2.05) is 30.3 Å². The normalized spacial score (nSPS) is 13.8. The third-order valence-corrected chi connectivity index (χ3v) is 3.97. The highest BCUT2D eigenvalue weighted by atomic mass is 35.5. The predicted molar refractivity (Wildman–Crippen MR) is 90.9 cm³/mol. The van der Waals surface area contributed by atoms with Crippen molar-refractivity contribution in [2.24, 2.45) is 0 Å². The summed E-state index contributed by atoms with van der Waals surface area (Å²) in [7, 11) is 0. The molecule has 3 nitrogen and oxygen atoms in total. The summed E-state index contributed by atoms with van der Waals surface area (Å²) in [4.78, 5) is 0. The van der Waals surface area contributed by atoms with Crippen LogP contribution in [0, 0.1) is 0 Å². The Morgan fingerprint density at radius 3 is 2.36 bits per heavy atom. The molecule has 0 fully saturated rings. The van der Waals surface area contributed by atoms with Crippen molar-refractivity contribution >= 4 is 23.0 Å². The van der Waals surface area contributed by atoms with Crippen LogP contribution < -0.4 is 14.8 Å². The average molecular weight is 318 g/mol. The summed E-state index contributed by atoms with van der Waals surface area (Å²) in [6.07, 6.45) is 0. The van der Waals surface area contributed by atoms with Gasteiger partial charge in [-0.2, -0.15) is 0 Å². The van der Waals surface area contributed by atoms with E-state index in [4.69, 9.17) is 21.1 Å². The fraction of sp³-hybridized carbons (Fsp3) is 0.333. The van der Waals surface area contributed by atoms with Gasteiger partial charge in [-0.1, -0.05) is 38.4 Å². The zero-order valence-electron chi connectivity index (χ0n) is 13.1. The van der Waals surface area contributed by atoms with Crippen molar-refractivity contribution in [1.29, 1.82) is 0 Å². The largest absolute Gasteiger partial charge is 0.486 e. The Morgan fingerprint density at radius 1 is 0.955 bits per heavy atom. The predicted octanol–water partition coefficient (Wildman–Crippen LogP) is 5.15. The molecule has 0 aromatic heterocycles. The van der Waals surface area contributed by atoms with Gasteiger partial charge in [-0.15, -0.1) is 0 Å². The van der Waals surface area contributed by atoms with Gasteiger partial charge in [0.25, 0.3) is 0 Å². The maximum atomic E-state index is 6.41. The Bertz CT molecular complexity index is 692. The molecule has 1 heterocycles. The molecular formula is C18H20ClNO2. The lowest BCUT2D eigenvalue weighted by atomic mass is 9.87. The molecule has 0 spiro atoms. The number of benzene rings is 2. The van der Waals surface area contributed by atoms with Gasteiger partial charge in [-0.05, 0) is 35.2 Å². The van der Waals surface area contributed by atoms with Crippen LogP contribution in [-0.4, -0.2) is 13.2 Å². The van der Waals surface area contributed by atoms with Gasteiger partial charge in [-0.3, -0.25) is 0 Å². The van der Waals surface area contributed by atoms with E-state index in [1.165, 1.54) is 5.56 Å². The van der Waals surface area contributed by atoms with Gasteiger partial charge in [0.15, 0.2) is 11.5 Å². The van der Waals surface area contributed by atoms with Crippen molar-refractivity contribution in [1.82, 2.24) is 0 Å². The summed E-state index contributed by atoms with van der Waals surface area (Å²) in [5.74, 6) is 1.55. The fourth-order valence-corrected chi connectivity index (χ4v) is 2.59. The van der Waals surface area contributed by atoms with E-state index >= 15 is 0 Å². The van der Waals surface area contributed by atoms with Crippen molar-refractivity contribution in [3.05, 3.63) is 47.0 Å². The van der Waals surface area contributed by atoms with E-state index in [1.54, 1.807) is 0 Å². The lowest BCUT2D eigenvalue weighted by molar-refractivity contribution is 0.171. The maximum absolute atomic E-state index is 6.41. The molecule has 2 aromatic rings. The molecule has 22 heavy (non-hydrogen) atoms. The van der Waals surface area contributed by atoms with Crippen molar-refractivity contribution in [3.8, 4) is 11.5 Å². The number of hydrogen-bond acceptors (Lipinski definition) is 3. The van der Waals surface area contributed by atoms with Gasteiger partial charge in [0.1, 0.15) is 13.2 Å². The smallest absolute Gasteiger partial charge is 0.163 e. The quantitative estimate of drug-likeness (QED) is 0.830. The molecule has 0 saturated carbocycles. The number of hydrogen-bond donors (Lipinski definition) is 1. The minimum Gasteiger partial charge on any atom is -0.486 e. The topological polar surface area (TPSA) is 30.5 Å². The highest BCUT2D eigenvalue weighted by Crippen LogP contribution is 2.36. The second kappa shape index (κ2) is 5.73. The second-order valence-electron chi connectivity index (χ2n) is 6.43. The van der Waals surface area contributed by atoms with Gasteiger partial charge in [0, 0.05) is 11.8 Å². The summed E-state index contributed by atoms with van der Waals surface area (Å²) in [5, 5.41) is 4.04. The van der Waals surface area contributed by atoms with Crippen LogP contribution >= 0.6 is 11.6 Å². The fourth-order valence-electron chi connectivity index (χ4n) is 2.36. The van der Waals surface area contributed by atoms with Crippen LogP contribution in [0.4, 0.5) is 11.4 Å². The van der Waals surface area contributed by atoms with Gasteiger partial charge in [0.05, 0.1) is 10.7 Å². The number of nitrogens with one attached hydrogen (secondary N) is 1. The number of halogens is 1. The van der Waals surface area contributed by atoms with Crippen LogP contribution in [0.15, 0.2) is 36.4 Å². The van der Waals surface area contributed by atoms with E-state index in [9.17, 15) is 0 Å². The molecule has 0 saturated heterocycles. The summed E-state index contributed by atoms with van der Waals surface area (Å²) >= 11 is 6.41. The lowest BCUT2D eigenvalue weighted by Gasteiger charge is -2.21. The molecule has 0 amide bonds. The Balaban J connectivity index is 1.84. The molecule has 0 unspecified atom stereocenters. The highest BCUT2D eigenvalue weighted by molar-refractivity contribution is 6.33. The van der Waals surface area contributed by atoms with Crippen LogP contribution in [0.5, 0.6) is 11.5 Å². The van der Waals surface area contributed by atoms with Gasteiger partial charge in [0.2, 0.25) is 0 Å². The SMILES string of the molecule is CC(C)(C)c1ccc(Nc2ccc3c(c2)OCCO3)c(Cl)c1.